The van der Waals surface area contributed by atoms with E-state index in [1.165, 1.54) is 50.2 Å². The number of rotatable bonds is 39. The Morgan fingerprint density at radius 3 is 0.607 bits per heavy atom. The third kappa shape index (κ3) is 61.0. The zero-order chi connectivity index (χ0) is 63.3. The first-order valence-electron chi connectivity index (χ1n) is 27.8. The van der Waals surface area contributed by atoms with Crippen LogP contribution in [0.4, 0.5) is 0 Å². The van der Waals surface area contributed by atoms with Crippen molar-refractivity contribution >= 4 is 53.1 Å². The summed E-state index contributed by atoms with van der Waals surface area (Å²) in [7, 11) is -29.8. The van der Waals surface area contributed by atoms with Gasteiger partial charge in [-0.1, -0.05) is 124 Å². The van der Waals surface area contributed by atoms with Gasteiger partial charge in [0.2, 0.25) is 0 Å². The third-order valence-electron chi connectivity index (χ3n) is 12.7. The zero-order valence-corrected chi connectivity index (χ0v) is 68.0. The molecule has 0 fully saturated rings. The molecule has 0 spiro atoms. The molecule has 0 amide bonds. The second-order valence-corrected chi connectivity index (χ2v) is 33.0. The van der Waals surface area contributed by atoms with Crippen LogP contribution >= 0.6 is 22.8 Å². The molecule has 0 aliphatic rings. The zero-order valence-electron chi connectivity index (χ0n) is 53.5. The van der Waals surface area contributed by atoms with Crippen LogP contribution < -0.4 is 154 Å². The minimum Gasteiger partial charge on any atom is -0.747 e. The van der Waals surface area contributed by atoms with E-state index in [0.717, 1.165) is 77.0 Å². The maximum atomic E-state index is 11.1. The fourth-order valence-electron chi connectivity index (χ4n) is 7.89. The van der Waals surface area contributed by atoms with Gasteiger partial charge in [0.15, 0.2) is 15.0 Å². The van der Waals surface area contributed by atoms with Crippen LogP contribution in [0.5, 0.6) is 0 Å². The molecule has 0 aromatic heterocycles. The Morgan fingerprint density at radius 1 is 0.310 bits per heavy atom. The standard InChI is InChI=1S/3C19H35O6PS.3K/c3*1-16(2)10-8-12-18(4)14-9-13-17(3)11-6-5-7-15-19(26(20,21)22)27(23,24)25;;;/h3*10-11,14,19H,5-9,12-13,15H2,1-4H3,(H2,20,21,22)(H,23,24,25);;;/q;;;3*+1/p-3/b3*17-11+,18-14+;;;. The summed E-state index contributed by atoms with van der Waals surface area (Å²) in [6, 6.07) is 0. The van der Waals surface area contributed by atoms with Crippen LogP contribution in [0, 0.1) is 0 Å². The van der Waals surface area contributed by atoms with E-state index >= 15 is 0 Å². The van der Waals surface area contributed by atoms with Crippen molar-refractivity contribution in [3.63, 3.8) is 0 Å². The average molecular weight is 1380 g/mol. The van der Waals surface area contributed by atoms with Crippen LogP contribution in [-0.2, 0) is 44.0 Å². The van der Waals surface area contributed by atoms with E-state index in [9.17, 15) is 52.6 Å². The maximum absolute atomic E-state index is 11.1. The van der Waals surface area contributed by atoms with Gasteiger partial charge in [0, 0.05) is 0 Å². The first-order valence-corrected chi connectivity index (χ1v) is 37.3. The second kappa shape index (κ2) is 53.0. The Hall–Kier alpha value is 2.75. The molecule has 0 rings (SSSR count). The minimum absolute atomic E-state index is 0. The molecule has 6 N–H and O–H groups in total. The van der Waals surface area contributed by atoms with E-state index in [-0.39, 0.29) is 193 Å². The molecule has 0 radical (unpaired) electrons. The number of hydrogen-bond donors (Lipinski definition) is 6. The van der Waals surface area contributed by atoms with Gasteiger partial charge >= 0.3 is 177 Å². The number of unbranched alkanes of at least 4 members (excludes halogenated alkanes) is 6. The molecule has 474 valence electrons. The normalized spacial score (nSPS) is 14.4. The van der Waals surface area contributed by atoms with E-state index in [4.69, 9.17) is 29.4 Å². The number of allylic oxidation sites excluding steroid dienone is 18. The molecule has 3 unspecified atom stereocenters. The Labute approximate surface area is 636 Å². The van der Waals surface area contributed by atoms with E-state index < -0.39 is 68.1 Å². The Kier molecular flexibility index (Phi) is 61.8. The first-order chi connectivity index (χ1) is 37.0. The largest absolute Gasteiger partial charge is 1.00 e. The van der Waals surface area contributed by atoms with E-state index in [0.29, 0.717) is 38.5 Å². The molecular formula is C57H102K3O18P3S3. The van der Waals surface area contributed by atoms with Gasteiger partial charge in [0.05, 0.1) is 0 Å². The van der Waals surface area contributed by atoms with Gasteiger partial charge < -0.3 is 43.0 Å². The molecule has 84 heavy (non-hydrogen) atoms. The smallest absolute Gasteiger partial charge is 0.747 e. The van der Waals surface area contributed by atoms with E-state index in [1.54, 1.807) is 0 Å². The summed E-state index contributed by atoms with van der Waals surface area (Å²) in [6.45, 7) is 25.1. The first kappa shape index (κ1) is 97.8. The van der Waals surface area contributed by atoms with Crippen LogP contribution in [0.25, 0.3) is 0 Å². The molecule has 0 aromatic rings. The summed E-state index contributed by atoms with van der Waals surface area (Å²) < 4.78 is 132. The van der Waals surface area contributed by atoms with E-state index in [2.05, 4.69) is 117 Å². The van der Waals surface area contributed by atoms with Crippen molar-refractivity contribution < 1.29 is 236 Å². The fraction of sp³-hybridized carbons (Fsp3) is 0.684. The predicted molar refractivity (Wildman–Crippen MR) is 328 cm³/mol. The molecule has 3 atom stereocenters. The van der Waals surface area contributed by atoms with Crippen molar-refractivity contribution in [2.45, 2.75) is 252 Å². The molecule has 0 aromatic carbocycles. The van der Waals surface area contributed by atoms with Crippen LogP contribution in [0.1, 0.15) is 237 Å². The minimum atomic E-state index is -5.00. The second-order valence-electron chi connectivity index (χ2n) is 21.8. The molecule has 0 saturated carbocycles. The third-order valence-corrected chi connectivity index (χ3v) is 23.2. The molecule has 0 heterocycles. The van der Waals surface area contributed by atoms with Crippen molar-refractivity contribution in [2.24, 2.45) is 0 Å². The summed E-state index contributed by atoms with van der Waals surface area (Å²) in [6.07, 6.45) is 35.5. The number of hydrogen-bond acceptors (Lipinski definition) is 12. The molecule has 0 aliphatic heterocycles. The molecule has 0 saturated heterocycles. The Balaban J connectivity index is -0.000000267. The fourth-order valence-corrected chi connectivity index (χ4v) is 14.9. The summed E-state index contributed by atoms with van der Waals surface area (Å²) >= 11 is 0. The van der Waals surface area contributed by atoms with Crippen LogP contribution in [0.15, 0.2) is 105 Å². The van der Waals surface area contributed by atoms with Crippen LogP contribution in [0.2, 0.25) is 0 Å². The van der Waals surface area contributed by atoms with Crippen molar-refractivity contribution in [2.75, 3.05) is 0 Å². The molecule has 0 aliphatic carbocycles. The average Bonchev–Trinajstić information content (AvgIpc) is 3.27. The van der Waals surface area contributed by atoms with Crippen molar-refractivity contribution in [1.82, 2.24) is 0 Å². The maximum Gasteiger partial charge on any atom is 1.00 e. The molecule has 0 bridgehead atoms. The van der Waals surface area contributed by atoms with Crippen molar-refractivity contribution in [3.8, 4) is 0 Å². The van der Waals surface area contributed by atoms with Gasteiger partial charge in [-0.25, -0.2) is 25.3 Å². The Morgan fingerprint density at radius 2 is 0.464 bits per heavy atom. The van der Waals surface area contributed by atoms with Gasteiger partial charge in [-0.05, 0) is 218 Å². The molecule has 18 nitrogen and oxygen atoms in total. The summed E-state index contributed by atoms with van der Waals surface area (Å²) in [5, 5.41) is 0. The summed E-state index contributed by atoms with van der Waals surface area (Å²) in [5.41, 5.74) is 11.8. The van der Waals surface area contributed by atoms with E-state index in [1.807, 2.05) is 20.8 Å². The summed E-state index contributed by atoms with van der Waals surface area (Å²) in [4.78, 5) is 47.6. The van der Waals surface area contributed by atoms with Crippen molar-refractivity contribution in [1.29, 1.82) is 0 Å². The molecular weight excluding hydrogens is 1280 g/mol. The molecule has 27 heteroatoms. The van der Waals surface area contributed by atoms with Crippen LogP contribution in [0.3, 0.4) is 0 Å². The topological polar surface area (TPSA) is 344 Å². The quantitative estimate of drug-likeness (QED) is 0.0134. The SMILES string of the molecule is CC(C)=CCC/C(C)=C/CC/C(C)=C/CCCCC(P(=O)(O)O)S(=O)(=O)[O-].CC(C)=CCC/C(C)=C/CC/C(C)=C/CCCCC(P(=O)(O)O)S(=O)(=O)[O-].CC(C)=CCC/C(C)=C/CC/C(C)=C/CCCCC(P(=O)(O)O)S(=O)(=O)[O-].[K+].[K+].[K+]. The van der Waals surface area contributed by atoms with Gasteiger partial charge in [-0.2, -0.15) is 0 Å². The summed E-state index contributed by atoms with van der Waals surface area (Å²) in [5.74, 6) is 0. The monoisotopic (exact) mass is 1380 g/mol. The van der Waals surface area contributed by atoms with Gasteiger partial charge in [-0.3, -0.25) is 13.7 Å². The van der Waals surface area contributed by atoms with Gasteiger partial charge in [0.25, 0.3) is 0 Å². The van der Waals surface area contributed by atoms with Crippen molar-refractivity contribution in [3.05, 3.63) is 105 Å². The van der Waals surface area contributed by atoms with Gasteiger partial charge in [-0.15, -0.1) is 0 Å². The van der Waals surface area contributed by atoms with Crippen LogP contribution in [-0.4, -0.2) is 83.2 Å². The van der Waals surface area contributed by atoms with Gasteiger partial charge in [0.1, 0.15) is 30.4 Å². The predicted octanol–water partition coefficient (Wildman–Crippen LogP) is 6.06. The Bertz CT molecular complexity index is 2350.